The van der Waals surface area contributed by atoms with E-state index in [-0.39, 0.29) is 11.7 Å². The lowest BCUT2D eigenvalue weighted by Crippen LogP contribution is -2.19. The SMILES string of the molecule is Cc1ccccc1-c1nnc(SCC(=O)Nc2sc3c(c2C(N)=O)CCC3)n1C. The lowest BCUT2D eigenvalue weighted by Gasteiger charge is -2.07. The Bertz CT molecular complexity index is 1100. The van der Waals surface area contributed by atoms with Crippen molar-refractivity contribution in [1.82, 2.24) is 14.8 Å². The zero-order valence-corrected chi connectivity index (χ0v) is 17.8. The van der Waals surface area contributed by atoms with E-state index in [1.807, 2.05) is 42.8 Å². The van der Waals surface area contributed by atoms with Gasteiger partial charge >= 0.3 is 0 Å². The number of rotatable bonds is 6. The molecule has 0 atom stereocenters. The lowest BCUT2D eigenvalue weighted by atomic mass is 10.1. The van der Waals surface area contributed by atoms with Gasteiger partial charge in [-0.05, 0) is 37.3 Å². The van der Waals surface area contributed by atoms with Gasteiger partial charge in [-0.1, -0.05) is 36.0 Å². The van der Waals surface area contributed by atoms with Crippen molar-refractivity contribution in [3.05, 3.63) is 45.8 Å². The first-order valence-electron chi connectivity index (χ1n) is 9.28. The smallest absolute Gasteiger partial charge is 0.251 e. The predicted octanol–water partition coefficient (Wildman–Crippen LogP) is 3.17. The molecule has 1 aliphatic carbocycles. The summed E-state index contributed by atoms with van der Waals surface area (Å²) in [7, 11) is 1.89. The number of thioether (sulfide) groups is 1. The van der Waals surface area contributed by atoms with Crippen molar-refractivity contribution >= 4 is 39.9 Å². The fraction of sp³-hybridized carbons (Fsp3) is 0.300. The fourth-order valence-electron chi connectivity index (χ4n) is 3.54. The van der Waals surface area contributed by atoms with Gasteiger partial charge in [0.2, 0.25) is 5.91 Å². The molecule has 1 aliphatic rings. The lowest BCUT2D eigenvalue weighted by molar-refractivity contribution is -0.113. The average Bonchev–Trinajstić information content (AvgIpc) is 3.35. The number of hydrogen-bond acceptors (Lipinski definition) is 6. The quantitative estimate of drug-likeness (QED) is 0.588. The largest absolute Gasteiger partial charge is 0.365 e. The van der Waals surface area contributed by atoms with Gasteiger partial charge in [-0.3, -0.25) is 9.59 Å². The molecule has 0 saturated heterocycles. The number of hydrogen-bond donors (Lipinski definition) is 2. The summed E-state index contributed by atoms with van der Waals surface area (Å²) < 4.78 is 1.88. The molecular formula is C20H21N5O2S2. The maximum Gasteiger partial charge on any atom is 0.251 e. The van der Waals surface area contributed by atoms with E-state index in [1.54, 1.807) is 0 Å². The van der Waals surface area contributed by atoms with Crippen LogP contribution in [-0.2, 0) is 24.7 Å². The van der Waals surface area contributed by atoms with E-state index in [2.05, 4.69) is 15.5 Å². The summed E-state index contributed by atoms with van der Waals surface area (Å²) in [6, 6.07) is 7.98. The molecule has 0 fully saturated rings. The van der Waals surface area contributed by atoms with Gasteiger partial charge in [0.25, 0.3) is 5.91 Å². The Hall–Kier alpha value is -2.65. The predicted molar refractivity (Wildman–Crippen MR) is 115 cm³/mol. The van der Waals surface area contributed by atoms with Crippen LogP contribution in [0.3, 0.4) is 0 Å². The summed E-state index contributed by atoms with van der Waals surface area (Å²) in [5, 5.41) is 12.6. The zero-order chi connectivity index (χ0) is 20.5. The summed E-state index contributed by atoms with van der Waals surface area (Å²) in [6.45, 7) is 2.03. The van der Waals surface area contributed by atoms with Crippen molar-refractivity contribution in [2.45, 2.75) is 31.3 Å². The number of aryl methyl sites for hydroxylation is 2. The van der Waals surface area contributed by atoms with Crippen LogP contribution in [0, 0.1) is 6.92 Å². The van der Waals surface area contributed by atoms with Crippen molar-refractivity contribution in [3.63, 3.8) is 0 Å². The van der Waals surface area contributed by atoms with E-state index in [9.17, 15) is 9.59 Å². The molecule has 4 rings (SSSR count). The van der Waals surface area contributed by atoms with Crippen molar-refractivity contribution in [2.24, 2.45) is 12.8 Å². The number of nitrogens with two attached hydrogens (primary N) is 1. The molecule has 2 heterocycles. The fourth-order valence-corrected chi connectivity index (χ4v) is 5.57. The Balaban J connectivity index is 1.45. The first kappa shape index (κ1) is 19.7. The maximum absolute atomic E-state index is 12.5. The number of amides is 2. The van der Waals surface area contributed by atoms with E-state index in [1.165, 1.54) is 23.1 Å². The highest BCUT2D eigenvalue weighted by atomic mass is 32.2. The molecular weight excluding hydrogens is 406 g/mol. The molecule has 7 nitrogen and oxygen atoms in total. The van der Waals surface area contributed by atoms with Crippen LogP contribution in [-0.4, -0.2) is 32.3 Å². The topological polar surface area (TPSA) is 103 Å². The van der Waals surface area contributed by atoms with Crippen LogP contribution in [0.15, 0.2) is 29.4 Å². The molecule has 0 aliphatic heterocycles. The first-order chi connectivity index (χ1) is 14.0. The Labute approximate surface area is 176 Å². The molecule has 9 heteroatoms. The summed E-state index contributed by atoms with van der Waals surface area (Å²) in [4.78, 5) is 25.5. The monoisotopic (exact) mass is 427 g/mol. The second-order valence-electron chi connectivity index (χ2n) is 6.94. The van der Waals surface area contributed by atoms with Crippen LogP contribution in [0.4, 0.5) is 5.00 Å². The molecule has 0 saturated carbocycles. The zero-order valence-electron chi connectivity index (χ0n) is 16.2. The minimum absolute atomic E-state index is 0.167. The van der Waals surface area contributed by atoms with Gasteiger partial charge in [-0.2, -0.15) is 0 Å². The third-order valence-corrected chi connectivity index (χ3v) is 7.20. The second kappa shape index (κ2) is 8.00. The Kier molecular flexibility index (Phi) is 5.42. The number of primary amides is 1. The average molecular weight is 428 g/mol. The maximum atomic E-state index is 12.5. The number of benzene rings is 1. The number of fused-ring (bicyclic) bond motifs is 1. The highest BCUT2D eigenvalue weighted by molar-refractivity contribution is 7.99. The van der Waals surface area contributed by atoms with Crippen molar-refractivity contribution in [3.8, 4) is 11.4 Å². The molecule has 2 amide bonds. The first-order valence-corrected chi connectivity index (χ1v) is 11.1. The number of carbonyl (C=O) groups is 2. The standard InChI is InChI=1S/C20H21N5O2S2/c1-11-6-3-4-7-12(11)18-23-24-20(25(18)2)28-10-15(26)22-19-16(17(21)27)13-8-5-9-14(13)29-19/h3-4,6-7H,5,8-10H2,1-2H3,(H2,21,27)(H,22,26). The highest BCUT2D eigenvalue weighted by Crippen LogP contribution is 2.39. The van der Waals surface area contributed by atoms with Gasteiger partial charge in [0.1, 0.15) is 5.00 Å². The van der Waals surface area contributed by atoms with E-state index in [0.717, 1.165) is 46.7 Å². The summed E-state index contributed by atoms with van der Waals surface area (Å²) in [5.74, 6) is 0.249. The van der Waals surface area contributed by atoms with E-state index >= 15 is 0 Å². The molecule has 2 aromatic heterocycles. The van der Waals surface area contributed by atoms with Crippen molar-refractivity contribution < 1.29 is 9.59 Å². The molecule has 0 unspecified atom stereocenters. The minimum atomic E-state index is -0.483. The van der Waals surface area contributed by atoms with Crippen LogP contribution < -0.4 is 11.1 Å². The van der Waals surface area contributed by atoms with Gasteiger partial charge in [-0.15, -0.1) is 21.5 Å². The van der Waals surface area contributed by atoms with Crippen molar-refractivity contribution in [1.29, 1.82) is 0 Å². The Morgan fingerprint density at radius 2 is 2.07 bits per heavy atom. The van der Waals surface area contributed by atoms with Crippen molar-refractivity contribution in [2.75, 3.05) is 11.1 Å². The summed E-state index contributed by atoms with van der Waals surface area (Å²) in [5.41, 5.74) is 9.15. The van der Waals surface area contributed by atoms with Gasteiger partial charge in [-0.25, -0.2) is 0 Å². The number of nitrogens with zero attached hydrogens (tertiary/aromatic N) is 3. The normalized spacial score (nSPS) is 12.8. The molecule has 3 N–H and O–H groups in total. The van der Waals surface area contributed by atoms with E-state index in [0.29, 0.717) is 15.7 Å². The molecule has 150 valence electrons. The third-order valence-electron chi connectivity index (χ3n) is 4.97. The number of carbonyl (C=O) groups excluding carboxylic acids is 2. The Morgan fingerprint density at radius 3 is 2.83 bits per heavy atom. The van der Waals surface area contributed by atoms with Crippen LogP contribution >= 0.6 is 23.1 Å². The third kappa shape index (κ3) is 3.79. The molecule has 0 spiro atoms. The number of thiophene rings is 1. The summed E-state index contributed by atoms with van der Waals surface area (Å²) in [6.07, 6.45) is 2.81. The van der Waals surface area contributed by atoms with Crippen LogP contribution in [0.25, 0.3) is 11.4 Å². The van der Waals surface area contributed by atoms with Crippen LogP contribution in [0.5, 0.6) is 0 Å². The second-order valence-corrected chi connectivity index (χ2v) is 8.99. The number of nitrogens with one attached hydrogen (secondary N) is 1. The molecule has 0 radical (unpaired) electrons. The molecule has 29 heavy (non-hydrogen) atoms. The summed E-state index contributed by atoms with van der Waals surface area (Å²) >= 11 is 2.76. The van der Waals surface area contributed by atoms with Gasteiger partial charge in [0.15, 0.2) is 11.0 Å². The molecule has 1 aromatic carbocycles. The molecule has 3 aromatic rings. The minimum Gasteiger partial charge on any atom is -0.365 e. The van der Waals surface area contributed by atoms with Gasteiger partial charge in [0, 0.05) is 17.5 Å². The van der Waals surface area contributed by atoms with Gasteiger partial charge < -0.3 is 15.6 Å². The Morgan fingerprint density at radius 1 is 1.28 bits per heavy atom. The number of aromatic nitrogens is 3. The van der Waals surface area contributed by atoms with Crippen LogP contribution in [0.2, 0.25) is 0 Å². The van der Waals surface area contributed by atoms with Gasteiger partial charge in [0.05, 0.1) is 11.3 Å². The molecule has 0 bridgehead atoms. The van der Waals surface area contributed by atoms with E-state index in [4.69, 9.17) is 5.73 Å². The van der Waals surface area contributed by atoms with E-state index < -0.39 is 5.91 Å². The highest BCUT2D eigenvalue weighted by Gasteiger charge is 2.26. The number of anilines is 1. The van der Waals surface area contributed by atoms with Crippen LogP contribution in [0.1, 0.15) is 32.8 Å².